The molecule has 2 rings (SSSR count). The number of para-hydroxylation sites is 1. The molecule has 1 N–H and O–H groups in total. The summed E-state index contributed by atoms with van der Waals surface area (Å²) in [6, 6.07) is 10.2. The van der Waals surface area contributed by atoms with Crippen molar-refractivity contribution in [3.8, 4) is 17.0 Å². The van der Waals surface area contributed by atoms with Crippen LogP contribution in [0.5, 0.6) is 5.75 Å². The summed E-state index contributed by atoms with van der Waals surface area (Å²) in [6.45, 7) is 7.81. The zero-order chi connectivity index (χ0) is 15.9. The summed E-state index contributed by atoms with van der Waals surface area (Å²) < 4.78 is 1.48. The van der Waals surface area contributed by atoms with Gasteiger partial charge in [-0.25, -0.2) is 4.68 Å². The van der Waals surface area contributed by atoms with E-state index in [0.717, 1.165) is 26.1 Å². The Bertz CT molecular complexity index is 663. The highest BCUT2D eigenvalue weighted by Gasteiger charge is 2.07. The van der Waals surface area contributed by atoms with E-state index in [2.05, 4.69) is 23.8 Å². The lowest BCUT2D eigenvalue weighted by atomic mass is 10.1. The SMILES string of the molecule is CCN(CC)CCCn1nc(-c2ccccc2O)ccc1=O. The maximum absolute atomic E-state index is 11.9. The Kier molecular flexibility index (Phi) is 5.72. The van der Waals surface area contributed by atoms with Crippen LogP contribution in [0, 0.1) is 0 Å². The summed E-state index contributed by atoms with van der Waals surface area (Å²) in [5.41, 5.74) is 1.14. The molecule has 0 bridgehead atoms. The van der Waals surface area contributed by atoms with Gasteiger partial charge in [0, 0.05) is 18.2 Å². The van der Waals surface area contributed by atoms with Crippen LogP contribution >= 0.6 is 0 Å². The van der Waals surface area contributed by atoms with Crippen LogP contribution in [0.1, 0.15) is 20.3 Å². The number of phenolic OH excluding ortho intramolecular Hbond substituents is 1. The quantitative estimate of drug-likeness (QED) is 0.853. The summed E-state index contributed by atoms with van der Waals surface area (Å²) in [7, 11) is 0. The highest BCUT2D eigenvalue weighted by atomic mass is 16.3. The Balaban J connectivity index is 2.14. The van der Waals surface area contributed by atoms with E-state index in [1.807, 2.05) is 6.07 Å². The predicted octanol–water partition coefficient (Wildman–Crippen LogP) is 2.35. The van der Waals surface area contributed by atoms with Crippen LogP contribution in [0.4, 0.5) is 0 Å². The zero-order valence-corrected chi connectivity index (χ0v) is 13.2. The van der Waals surface area contributed by atoms with Crippen LogP contribution in [-0.2, 0) is 6.54 Å². The van der Waals surface area contributed by atoms with E-state index in [0.29, 0.717) is 17.8 Å². The van der Waals surface area contributed by atoms with Gasteiger partial charge in [0.1, 0.15) is 5.75 Å². The minimum absolute atomic E-state index is 0.112. The fourth-order valence-corrected chi connectivity index (χ4v) is 2.43. The van der Waals surface area contributed by atoms with E-state index < -0.39 is 0 Å². The van der Waals surface area contributed by atoms with Gasteiger partial charge in [-0.05, 0) is 44.3 Å². The molecule has 5 nitrogen and oxygen atoms in total. The number of phenols is 1. The predicted molar refractivity (Wildman–Crippen MR) is 88.0 cm³/mol. The second-order valence-electron chi connectivity index (χ2n) is 5.18. The molecule has 22 heavy (non-hydrogen) atoms. The molecular weight excluding hydrogens is 278 g/mol. The monoisotopic (exact) mass is 301 g/mol. The van der Waals surface area contributed by atoms with Crippen molar-refractivity contribution in [2.75, 3.05) is 19.6 Å². The summed E-state index contributed by atoms with van der Waals surface area (Å²) in [5.74, 6) is 0.170. The number of aromatic nitrogens is 2. The summed E-state index contributed by atoms with van der Waals surface area (Å²) in [5, 5.41) is 14.3. The molecule has 0 saturated carbocycles. The lowest BCUT2D eigenvalue weighted by Gasteiger charge is -2.17. The minimum atomic E-state index is -0.112. The van der Waals surface area contributed by atoms with E-state index in [4.69, 9.17) is 0 Å². The van der Waals surface area contributed by atoms with Crippen molar-refractivity contribution in [3.05, 3.63) is 46.8 Å². The second-order valence-corrected chi connectivity index (χ2v) is 5.18. The van der Waals surface area contributed by atoms with Crippen molar-refractivity contribution < 1.29 is 5.11 Å². The fourth-order valence-electron chi connectivity index (χ4n) is 2.43. The van der Waals surface area contributed by atoms with Crippen molar-refractivity contribution in [3.63, 3.8) is 0 Å². The molecule has 0 amide bonds. The van der Waals surface area contributed by atoms with Gasteiger partial charge < -0.3 is 10.0 Å². The van der Waals surface area contributed by atoms with Gasteiger partial charge in [-0.15, -0.1) is 0 Å². The average molecular weight is 301 g/mol. The van der Waals surface area contributed by atoms with E-state index in [-0.39, 0.29) is 11.3 Å². The Labute approximate surface area is 130 Å². The first-order valence-electron chi connectivity index (χ1n) is 7.74. The van der Waals surface area contributed by atoms with Gasteiger partial charge in [-0.1, -0.05) is 26.0 Å². The van der Waals surface area contributed by atoms with Crippen molar-refractivity contribution >= 4 is 0 Å². The van der Waals surface area contributed by atoms with E-state index in [1.165, 1.54) is 10.7 Å². The molecule has 2 aromatic rings. The van der Waals surface area contributed by atoms with Gasteiger partial charge in [0.05, 0.1) is 5.69 Å². The molecule has 5 heteroatoms. The van der Waals surface area contributed by atoms with Crippen LogP contribution in [0.25, 0.3) is 11.3 Å². The molecule has 0 atom stereocenters. The Morgan fingerprint density at radius 2 is 1.86 bits per heavy atom. The van der Waals surface area contributed by atoms with Crippen molar-refractivity contribution in [2.45, 2.75) is 26.8 Å². The largest absolute Gasteiger partial charge is 0.507 e. The summed E-state index contributed by atoms with van der Waals surface area (Å²) >= 11 is 0. The number of nitrogens with zero attached hydrogens (tertiary/aromatic N) is 3. The number of aryl methyl sites for hydroxylation is 1. The first-order valence-corrected chi connectivity index (χ1v) is 7.74. The van der Waals surface area contributed by atoms with Crippen LogP contribution in [0.15, 0.2) is 41.2 Å². The lowest BCUT2D eigenvalue weighted by Crippen LogP contribution is -2.28. The first kappa shape index (κ1) is 16.2. The van der Waals surface area contributed by atoms with Crippen LogP contribution in [0.3, 0.4) is 0 Å². The molecular formula is C17H23N3O2. The number of hydrogen-bond donors (Lipinski definition) is 1. The molecule has 0 unspecified atom stereocenters. The molecule has 0 radical (unpaired) electrons. The van der Waals surface area contributed by atoms with Gasteiger partial charge in [-0.3, -0.25) is 4.79 Å². The average Bonchev–Trinajstić information content (AvgIpc) is 2.54. The number of aromatic hydroxyl groups is 1. The van der Waals surface area contributed by atoms with Gasteiger partial charge in [0.15, 0.2) is 0 Å². The van der Waals surface area contributed by atoms with E-state index in [1.54, 1.807) is 24.3 Å². The lowest BCUT2D eigenvalue weighted by molar-refractivity contribution is 0.290. The molecule has 0 saturated heterocycles. The Hall–Kier alpha value is -2.14. The molecule has 118 valence electrons. The third-order valence-electron chi connectivity index (χ3n) is 3.79. The molecule has 0 aliphatic carbocycles. The maximum Gasteiger partial charge on any atom is 0.266 e. The maximum atomic E-state index is 11.9. The number of hydrogen-bond acceptors (Lipinski definition) is 4. The smallest absolute Gasteiger partial charge is 0.266 e. The van der Waals surface area contributed by atoms with Crippen LogP contribution in [0.2, 0.25) is 0 Å². The van der Waals surface area contributed by atoms with Crippen LogP contribution in [-0.4, -0.2) is 39.4 Å². The molecule has 0 spiro atoms. The fraction of sp³-hybridized carbons (Fsp3) is 0.412. The molecule has 0 fully saturated rings. The van der Waals surface area contributed by atoms with Crippen molar-refractivity contribution in [2.24, 2.45) is 0 Å². The standard InChI is InChI=1S/C17H23N3O2/c1-3-19(4-2)12-7-13-20-17(22)11-10-15(18-20)14-8-5-6-9-16(14)21/h5-6,8-11,21H,3-4,7,12-13H2,1-2H3. The number of rotatable bonds is 7. The number of benzene rings is 1. The van der Waals surface area contributed by atoms with Gasteiger partial charge in [0.2, 0.25) is 0 Å². The minimum Gasteiger partial charge on any atom is -0.507 e. The van der Waals surface area contributed by atoms with Gasteiger partial charge in [-0.2, -0.15) is 5.10 Å². The zero-order valence-electron chi connectivity index (χ0n) is 13.2. The van der Waals surface area contributed by atoms with E-state index in [9.17, 15) is 9.90 Å². The Morgan fingerprint density at radius 3 is 2.55 bits per heavy atom. The van der Waals surface area contributed by atoms with Crippen LogP contribution < -0.4 is 5.56 Å². The Morgan fingerprint density at radius 1 is 1.14 bits per heavy atom. The molecule has 0 aliphatic heterocycles. The second kappa shape index (κ2) is 7.75. The van der Waals surface area contributed by atoms with Crippen molar-refractivity contribution in [1.29, 1.82) is 0 Å². The molecule has 1 aromatic heterocycles. The first-order chi connectivity index (χ1) is 10.7. The van der Waals surface area contributed by atoms with Crippen molar-refractivity contribution in [1.82, 2.24) is 14.7 Å². The third-order valence-corrected chi connectivity index (χ3v) is 3.79. The van der Waals surface area contributed by atoms with Gasteiger partial charge in [0.25, 0.3) is 5.56 Å². The highest BCUT2D eigenvalue weighted by molar-refractivity contribution is 5.65. The normalized spacial score (nSPS) is 11.0. The molecule has 1 aromatic carbocycles. The van der Waals surface area contributed by atoms with Gasteiger partial charge >= 0.3 is 0 Å². The van der Waals surface area contributed by atoms with E-state index >= 15 is 0 Å². The topological polar surface area (TPSA) is 58.4 Å². The summed E-state index contributed by atoms with van der Waals surface area (Å²) in [6.07, 6.45) is 0.874. The third kappa shape index (κ3) is 3.95. The molecule has 0 aliphatic rings. The highest BCUT2D eigenvalue weighted by Crippen LogP contribution is 2.25. The molecule has 1 heterocycles. The summed E-state index contributed by atoms with van der Waals surface area (Å²) in [4.78, 5) is 14.2.